The maximum atomic E-state index is 12.6. The van der Waals surface area contributed by atoms with Crippen LogP contribution in [0.2, 0.25) is 0 Å². The number of amides is 2. The van der Waals surface area contributed by atoms with E-state index in [1.165, 1.54) is 0 Å². The molecule has 0 spiro atoms. The molecule has 0 aliphatic carbocycles. The third-order valence-electron chi connectivity index (χ3n) is 4.24. The summed E-state index contributed by atoms with van der Waals surface area (Å²) < 4.78 is 0. The zero-order valence-electron chi connectivity index (χ0n) is 15.3. The molecule has 1 heterocycles. The van der Waals surface area contributed by atoms with E-state index in [9.17, 15) is 9.59 Å². The summed E-state index contributed by atoms with van der Waals surface area (Å²) in [5.74, 6) is -0.202. The second kappa shape index (κ2) is 9.36. The number of rotatable bonds is 8. The van der Waals surface area contributed by atoms with Gasteiger partial charge in [-0.25, -0.2) is 4.79 Å². The monoisotopic (exact) mass is 378 g/mol. The second-order valence-corrected chi connectivity index (χ2v) is 6.25. The molecule has 1 aromatic heterocycles. The lowest BCUT2D eigenvalue weighted by molar-refractivity contribution is 0.102. The summed E-state index contributed by atoms with van der Waals surface area (Å²) in [4.78, 5) is 27.5. The lowest BCUT2D eigenvalue weighted by Gasteiger charge is -2.15. The number of fused-ring (bicyclic) bond motifs is 1. The molecular formula is C21H22N4O3. The molecule has 144 valence electrons. The average molecular weight is 378 g/mol. The van der Waals surface area contributed by atoms with Crippen LogP contribution in [0.4, 0.5) is 16.2 Å². The molecular weight excluding hydrogens is 356 g/mol. The normalized spacial score (nSPS) is 10.4. The third kappa shape index (κ3) is 4.97. The third-order valence-corrected chi connectivity index (χ3v) is 4.24. The van der Waals surface area contributed by atoms with Crippen molar-refractivity contribution >= 4 is 34.3 Å². The minimum Gasteiger partial charge on any atom is -0.465 e. The number of pyridine rings is 1. The van der Waals surface area contributed by atoms with Crippen molar-refractivity contribution in [3.05, 3.63) is 66.4 Å². The number of hydrogen-bond donors (Lipinski definition) is 4. The van der Waals surface area contributed by atoms with Crippen LogP contribution in [0.15, 0.2) is 60.8 Å². The van der Waals surface area contributed by atoms with Crippen molar-refractivity contribution in [2.24, 2.45) is 0 Å². The summed E-state index contributed by atoms with van der Waals surface area (Å²) in [5, 5.41) is 18.2. The fraction of sp³-hybridized carbons (Fsp3) is 0.190. The van der Waals surface area contributed by atoms with Crippen LogP contribution in [0.25, 0.3) is 10.9 Å². The molecule has 0 aliphatic rings. The van der Waals surface area contributed by atoms with E-state index in [0.29, 0.717) is 30.8 Å². The summed E-state index contributed by atoms with van der Waals surface area (Å²) in [6, 6.07) is 16.7. The van der Waals surface area contributed by atoms with Crippen molar-refractivity contribution in [3.8, 4) is 0 Å². The molecule has 0 radical (unpaired) electrons. The van der Waals surface area contributed by atoms with Crippen LogP contribution in [0.3, 0.4) is 0 Å². The van der Waals surface area contributed by atoms with Gasteiger partial charge >= 0.3 is 6.09 Å². The first-order valence-corrected chi connectivity index (χ1v) is 9.10. The summed E-state index contributed by atoms with van der Waals surface area (Å²) >= 11 is 0. The lowest BCUT2D eigenvalue weighted by Crippen LogP contribution is -2.22. The van der Waals surface area contributed by atoms with Crippen molar-refractivity contribution in [2.75, 3.05) is 23.7 Å². The predicted molar refractivity (Wildman–Crippen MR) is 110 cm³/mol. The van der Waals surface area contributed by atoms with Gasteiger partial charge in [0.25, 0.3) is 5.91 Å². The van der Waals surface area contributed by atoms with Crippen molar-refractivity contribution in [2.45, 2.75) is 12.8 Å². The van der Waals surface area contributed by atoms with Crippen molar-refractivity contribution in [3.63, 3.8) is 0 Å². The van der Waals surface area contributed by atoms with Gasteiger partial charge < -0.3 is 21.1 Å². The van der Waals surface area contributed by atoms with Gasteiger partial charge in [0.15, 0.2) is 0 Å². The molecule has 2 aromatic carbocycles. The maximum Gasteiger partial charge on any atom is 0.404 e. The maximum absolute atomic E-state index is 12.6. The van der Waals surface area contributed by atoms with Gasteiger partial charge in [-0.15, -0.1) is 0 Å². The molecule has 0 saturated heterocycles. The fourth-order valence-corrected chi connectivity index (χ4v) is 2.87. The molecule has 0 atom stereocenters. The Hall–Kier alpha value is -3.61. The van der Waals surface area contributed by atoms with Crippen LogP contribution in [0.5, 0.6) is 0 Å². The Morgan fingerprint density at radius 2 is 1.64 bits per heavy atom. The molecule has 3 aromatic rings. The molecule has 4 N–H and O–H groups in total. The van der Waals surface area contributed by atoms with Gasteiger partial charge in [-0.3, -0.25) is 9.78 Å². The number of carbonyl (C=O) groups is 2. The molecule has 0 aliphatic heterocycles. The first-order chi connectivity index (χ1) is 13.6. The van der Waals surface area contributed by atoms with Gasteiger partial charge in [0.1, 0.15) is 0 Å². The van der Waals surface area contributed by atoms with E-state index in [2.05, 4.69) is 20.9 Å². The molecule has 0 bridgehead atoms. The highest BCUT2D eigenvalue weighted by atomic mass is 16.4. The molecule has 7 heteroatoms. The number of nitrogens with one attached hydrogen (secondary N) is 3. The average Bonchev–Trinajstić information content (AvgIpc) is 2.72. The fourth-order valence-electron chi connectivity index (χ4n) is 2.87. The minimum atomic E-state index is -1.01. The number of benzene rings is 2. The van der Waals surface area contributed by atoms with E-state index in [1.54, 1.807) is 18.3 Å². The van der Waals surface area contributed by atoms with Gasteiger partial charge in [-0.1, -0.05) is 36.4 Å². The zero-order valence-corrected chi connectivity index (χ0v) is 15.3. The molecule has 7 nitrogen and oxygen atoms in total. The number of unbranched alkanes of at least 4 members (excludes halogenated alkanes) is 1. The van der Waals surface area contributed by atoms with E-state index < -0.39 is 6.09 Å². The van der Waals surface area contributed by atoms with Gasteiger partial charge in [0.2, 0.25) is 0 Å². The quantitative estimate of drug-likeness (QED) is 0.445. The van der Waals surface area contributed by atoms with Crippen LogP contribution in [-0.2, 0) is 0 Å². The van der Waals surface area contributed by atoms with E-state index in [4.69, 9.17) is 5.11 Å². The summed E-state index contributed by atoms with van der Waals surface area (Å²) in [6.45, 7) is 1.05. The second-order valence-electron chi connectivity index (χ2n) is 6.25. The van der Waals surface area contributed by atoms with Crippen LogP contribution in [0.1, 0.15) is 23.2 Å². The Bertz CT molecular complexity index is 960. The first-order valence-electron chi connectivity index (χ1n) is 9.10. The van der Waals surface area contributed by atoms with Crippen LogP contribution in [0, 0.1) is 0 Å². The molecule has 3 rings (SSSR count). The van der Waals surface area contributed by atoms with Gasteiger partial charge in [-0.2, -0.15) is 0 Å². The SMILES string of the molecule is O=C(O)NCCCCNc1c(NC(=O)c2ccccc2)cnc2ccccc12. The van der Waals surface area contributed by atoms with Crippen LogP contribution < -0.4 is 16.0 Å². The van der Waals surface area contributed by atoms with Crippen molar-refractivity contribution < 1.29 is 14.7 Å². The first kappa shape index (κ1) is 19.2. The van der Waals surface area contributed by atoms with Gasteiger partial charge in [0, 0.05) is 24.0 Å². The van der Waals surface area contributed by atoms with E-state index in [0.717, 1.165) is 23.0 Å². The van der Waals surface area contributed by atoms with E-state index >= 15 is 0 Å². The molecule has 0 saturated carbocycles. The number of anilines is 2. The highest BCUT2D eigenvalue weighted by molar-refractivity contribution is 6.09. The summed E-state index contributed by atoms with van der Waals surface area (Å²) in [6.07, 6.45) is 2.13. The largest absolute Gasteiger partial charge is 0.465 e. The van der Waals surface area contributed by atoms with E-state index in [1.807, 2.05) is 42.5 Å². The number of carboxylic acid groups (broad SMARTS) is 1. The lowest BCUT2D eigenvalue weighted by atomic mass is 10.1. The van der Waals surface area contributed by atoms with E-state index in [-0.39, 0.29) is 5.91 Å². The Kier molecular flexibility index (Phi) is 6.41. The minimum absolute atomic E-state index is 0.202. The number of para-hydroxylation sites is 1. The van der Waals surface area contributed by atoms with Gasteiger partial charge in [0.05, 0.1) is 23.1 Å². The highest BCUT2D eigenvalue weighted by Crippen LogP contribution is 2.30. The molecule has 0 fully saturated rings. The highest BCUT2D eigenvalue weighted by Gasteiger charge is 2.12. The summed E-state index contributed by atoms with van der Waals surface area (Å²) in [5.41, 5.74) is 2.81. The number of carbonyl (C=O) groups excluding carboxylic acids is 1. The zero-order chi connectivity index (χ0) is 19.8. The Morgan fingerprint density at radius 1 is 0.929 bits per heavy atom. The number of nitrogens with zero attached hydrogens (tertiary/aromatic N) is 1. The van der Waals surface area contributed by atoms with Crippen LogP contribution in [-0.4, -0.2) is 35.2 Å². The number of aromatic nitrogens is 1. The topological polar surface area (TPSA) is 103 Å². The van der Waals surface area contributed by atoms with Crippen molar-refractivity contribution in [1.29, 1.82) is 0 Å². The smallest absolute Gasteiger partial charge is 0.404 e. The standard InChI is InChI=1S/C21H22N4O3/c26-20(15-8-2-1-3-9-15)25-18-14-24-17-11-5-4-10-16(17)19(18)22-12-6-7-13-23-21(27)28/h1-5,8-11,14,23H,6-7,12-13H2,(H,22,24)(H,25,26)(H,27,28). The molecule has 2 amide bonds. The van der Waals surface area contributed by atoms with Crippen molar-refractivity contribution in [1.82, 2.24) is 10.3 Å². The number of hydrogen-bond acceptors (Lipinski definition) is 4. The Morgan fingerprint density at radius 3 is 2.43 bits per heavy atom. The van der Waals surface area contributed by atoms with Crippen LogP contribution >= 0.6 is 0 Å². The predicted octanol–water partition coefficient (Wildman–Crippen LogP) is 3.95. The Balaban J connectivity index is 1.75. The summed E-state index contributed by atoms with van der Waals surface area (Å²) in [7, 11) is 0. The Labute approximate surface area is 162 Å². The van der Waals surface area contributed by atoms with Gasteiger partial charge in [-0.05, 0) is 31.0 Å². The molecule has 28 heavy (non-hydrogen) atoms. The molecule has 0 unspecified atom stereocenters.